The highest BCUT2D eigenvalue weighted by atomic mass is 16.1. The molecule has 1 saturated heterocycles. The first-order valence-corrected chi connectivity index (χ1v) is 9.48. The molecule has 2 aromatic rings. The van der Waals surface area contributed by atoms with Crippen LogP contribution in [0.3, 0.4) is 0 Å². The molecule has 138 valence electrons. The van der Waals surface area contributed by atoms with Gasteiger partial charge in [-0.1, -0.05) is 13.8 Å². The summed E-state index contributed by atoms with van der Waals surface area (Å²) >= 11 is 0. The van der Waals surface area contributed by atoms with E-state index in [0.717, 1.165) is 37.4 Å². The minimum absolute atomic E-state index is 0.187. The highest BCUT2D eigenvalue weighted by molar-refractivity contribution is 6.03. The maximum atomic E-state index is 12.4. The van der Waals surface area contributed by atoms with Gasteiger partial charge in [0.2, 0.25) is 0 Å². The Morgan fingerprint density at radius 1 is 1.08 bits per heavy atom. The molecule has 1 aromatic carbocycles. The lowest BCUT2D eigenvalue weighted by Gasteiger charge is -2.17. The molecule has 0 bridgehead atoms. The molecular weight excluding hydrogens is 324 g/mol. The van der Waals surface area contributed by atoms with Gasteiger partial charge in [-0.3, -0.25) is 4.79 Å². The Bertz CT molecular complexity index is 704. The fourth-order valence-corrected chi connectivity index (χ4v) is 3.06. The van der Waals surface area contributed by atoms with E-state index in [0.29, 0.717) is 11.6 Å². The summed E-state index contributed by atoms with van der Waals surface area (Å²) in [5.74, 6) is 0.477. The van der Waals surface area contributed by atoms with Crippen molar-refractivity contribution in [3.05, 3.63) is 48.3 Å². The number of benzene rings is 1. The van der Waals surface area contributed by atoms with E-state index in [4.69, 9.17) is 0 Å². The molecule has 5 heteroatoms. The predicted octanol–water partition coefficient (Wildman–Crippen LogP) is 4.39. The van der Waals surface area contributed by atoms with Gasteiger partial charge in [-0.2, -0.15) is 0 Å². The van der Waals surface area contributed by atoms with Gasteiger partial charge in [0.15, 0.2) is 0 Å². The molecule has 1 amide bonds. The minimum Gasteiger partial charge on any atom is -0.384 e. The molecule has 1 aliphatic heterocycles. The van der Waals surface area contributed by atoms with Crippen LogP contribution in [0.2, 0.25) is 0 Å². The lowest BCUT2D eigenvalue weighted by Crippen LogP contribution is -2.17. The monoisotopic (exact) mass is 352 g/mol. The number of nitrogens with zero attached hydrogens (tertiary/aromatic N) is 2. The first-order valence-electron chi connectivity index (χ1n) is 9.48. The van der Waals surface area contributed by atoms with Crippen LogP contribution in [0.5, 0.6) is 0 Å². The van der Waals surface area contributed by atoms with Crippen molar-refractivity contribution in [3.63, 3.8) is 0 Å². The van der Waals surface area contributed by atoms with Gasteiger partial charge < -0.3 is 15.5 Å². The second-order valence-electron chi connectivity index (χ2n) is 7.24. The second kappa shape index (κ2) is 8.70. The van der Waals surface area contributed by atoms with Gasteiger partial charge in [0, 0.05) is 31.0 Å². The number of pyridine rings is 1. The van der Waals surface area contributed by atoms with Crippen LogP contribution in [0, 0.1) is 5.92 Å². The largest absolute Gasteiger partial charge is 0.384 e. The molecule has 0 unspecified atom stereocenters. The molecule has 1 aromatic heterocycles. The number of aromatic nitrogens is 1. The van der Waals surface area contributed by atoms with Crippen molar-refractivity contribution >= 4 is 23.0 Å². The highest BCUT2D eigenvalue weighted by Gasteiger charge is 2.12. The summed E-state index contributed by atoms with van der Waals surface area (Å²) < 4.78 is 0. The van der Waals surface area contributed by atoms with E-state index in [1.54, 1.807) is 12.3 Å². The van der Waals surface area contributed by atoms with E-state index in [9.17, 15) is 4.79 Å². The summed E-state index contributed by atoms with van der Waals surface area (Å²) in [5, 5.41) is 6.24. The zero-order chi connectivity index (χ0) is 18.4. The van der Waals surface area contributed by atoms with Crippen molar-refractivity contribution in [2.45, 2.75) is 33.1 Å². The Kier molecular flexibility index (Phi) is 6.10. The van der Waals surface area contributed by atoms with Gasteiger partial charge >= 0.3 is 0 Å². The van der Waals surface area contributed by atoms with Crippen molar-refractivity contribution in [2.75, 3.05) is 35.2 Å². The van der Waals surface area contributed by atoms with Crippen molar-refractivity contribution < 1.29 is 4.79 Å². The van der Waals surface area contributed by atoms with E-state index in [2.05, 4.69) is 46.5 Å². The smallest absolute Gasteiger partial charge is 0.274 e. The molecule has 3 rings (SSSR count). The number of amides is 1. The van der Waals surface area contributed by atoms with Crippen LogP contribution in [-0.2, 0) is 0 Å². The Hall–Kier alpha value is -2.56. The average molecular weight is 352 g/mol. The van der Waals surface area contributed by atoms with Crippen LogP contribution in [0.25, 0.3) is 0 Å². The topological polar surface area (TPSA) is 57.3 Å². The quantitative estimate of drug-likeness (QED) is 0.776. The predicted molar refractivity (Wildman–Crippen MR) is 108 cm³/mol. The molecule has 2 N–H and O–H groups in total. The molecule has 0 saturated carbocycles. The molecule has 26 heavy (non-hydrogen) atoms. The maximum absolute atomic E-state index is 12.4. The first kappa shape index (κ1) is 18.2. The average Bonchev–Trinajstić information content (AvgIpc) is 3.17. The van der Waals surface area contributed by atoms with Gasteiger partial charge in [0.25, 0.3) is 5.91 Å². The standard InChI is InChI=1S/C21H28N4O/c1-16(2)11-12-22-18-7-10-20(23-15-18)21(26)24-17-5-8-19(9-6-17)25-13-3-4-14-25/h5-10,15-16,22H,3-4,11-14H2,1-2H3,(H,24,26). The zero-order valence-electron chi connectivity index (χ0n) is 15.7. The van der Waals surface area contributed by atoms with Crippen LogP contribution in [0.1, 0.15) is 43.6 Å². The van der Waals surface area contributed by atoms with Gasteiger partial charge in [0.1, 0.15) is 5.69 Å². The Labute approximate surface area is 155 Å². The Balaban J connectivity index is 1.54. The maximum Gasteiger partial charge on any atom is 0.274 e. The number of nitrogens with one attached hydrogen (secondary N) is 2. The molecule has 0 spiro atoms. The Morgan fingerprint density at radius 2 is 1.77 bits per heavy atom. The highest BCUT2D eigenvalue weighted by Crippen LogP contribution is 2.22. The summed E-state index contributed by atoms with van der Waals surface area (Å²) in [5.41, 5.74) is 3.37. The van der Waals surface area contributed by atoms with Crippen LogP contribution in [0.4, 0.5) is 17.1 Å². The number of carbonyl (C=O) groups excluding carboxylic acids is 1. The fourth-order valence-electron chi connectivity index (χ4n) is 3.06. The molecular formula is C21H28N4O. The third kappa shape index (κ3) is 4.97. The number of hydrogen-bond acceptors (Lipinski definition) is 4. The molecule has 5 nitrogen and oxygen atoms in total. The SMILES string of the molecule is CC(C)CCNc1ccc(C(=O)Nc2ccc(N3CCCC3)cc2)nc1. The molecule has 2 heterocycles. The number of rotatable bonds is 7. The molecule has 0 aliphatic carbocycles. The lowest BCUT2D eigenvalue weighted by atomic mass is 10.1. The van der Waals surface area contributed by atoms with Crippen molar-refractivity contribution in [1.82, 2.24) is 4.98 Å². The molecule has 1 aliphatic rings. The summed E-state index contributed by atoms with van der Waals surface area (Å²) in [6, 6.07) is 11.7. The van der Waals surface area contributed by atoms with E-state index < -0.39 is 0 Å². The van der Waals surface area contributed by atoms with Crippen LogP contribution >= 0.6 is 0 Å². The van der Waals surface area contributed by atoms with Gasteiger partial charge in [0.05, 0.1) is 11.9 Å². The van der Waals surface area contributed by atoms with E-state index in [1.165, 1.54) is 18.5 Å². The summed E-state index contributed by atoms with van der Waals surface area (Å²) in [4.78, 5) is 19.0. The summed E-state index contributed by atoms with van der Waals surface area (Å²) in [6.45, 7) is 7.55. The third-order valence-electron chi connectivity index (χ3n) is 4.64. The van der Waals surface area contributed by atoms with E-state index >= 15 is 0 Å². The molecule has 0 radical (unpaired) electrons. The second-order valence-corrected chi connectivity index (χ2v) is 7.24. The zero-order valence-corrected chi connectivity index (χ0v) is 15.7. The van der Waals surface area contributed by atoms with Gasteiger partial charge in [-0.05, 0) is 61.6 Å². The summed E-state index contributed by atoms with van der Waals surface area (Å²) in [6.07, 6.45) is 5.33. The molecule has 1 fully saturated rings. The Morgan fingerprint density at radius 3 is 2.38 bits per heavy atom. The third-order valence-corrected chi connectivity index (χ3v) is 4.64. The van der Waals surface area contributed by atoms with Crippen molar-refractivity contribution in [3.8, 4) is 0 Å². The van der Waals surface area contributed by atoms with Crippen molar-refractivity contribution in [2.24, 2.45) is 5.92 Å². The minimum atomic E-state index is -0.187. The number of anilines is 3. The van der Waals surface area contributed by atoms with Crippen LogP contribution < -0.4 is 15.5 Å². The van der Waals surface area contributed by atoms with Crippen molar-refractivity contribution in [1.29, 1.82) is 0 Å². The van der Waals surface area contributed by atoms with E-state index in [-0.39, 0.29) is 5.91 Å². The molecule has 0 atom stereocenters. The van der Waals surface area contributed by atoms with Crippen LogP contribution in [-0.4, -0.2) is 30.5 Å². The normalized spacial score (nSPS) is 13.9. The van der Waals surface area contributed by atoms with Gasteiger partial charge in [-0.15, -0.1) is 0 Å². The number of hydrogen-bond donors (Lipinski definition) is 2. The fraction of sp³-hybridized carbons (Fsp3) is 0.429. The summed E-state index contributed by atoms with van der Waals surface area (Å²) in [7, 11) is 0. The van der Waals surface area contributed by atoms with Crippen LogP contribution in [0.15, 0.2) is 42.6 Å². The lowest BCUT2D eigenvalue weighted by molar-refractivity contribution is 0.102. The van der Waals surface area contributed by atoms with Gasteiger partial charge in [-0.25, -0.2) is 4.98 Å². The van der Waals surface area contributed by atoms with E-state index in [1.807, 2.05) is 18.2 Å². The first-order chi connectivity index (χ1) is 12.6. The number of carbonyl (C=O) groups is 1.